The van der Waals surface area contributed by atoms with E-state index in [1.165, 1.54) is 11.0 Å². The van der Waals surface area contributed by atoms with E-state index in [1.807, 2.05) is 0 Å². The van der Waals surface area contributed by atoms with Gasteiger partial charge < -0.3 is 9.32 Å². The molecule has 4 aromatic rings. The van der Waals surface area contributed by atoms with Crippen LogP contribution < -0.4 is 5.43 Å². The van der Waals surface area contributed by atoms with Crippen molar-refractivity contribution in [3.05, 3.63) is 116 Å². The summed E-state index contributed by atoms with van der Waals surface area (Å²) in [5, 5.41) is 0.933. The molecule has 2 heterocycles. The van der Waals surface area contributed by atoms with Crippen molar-refractivity contribution in [2.24, 2.45) is 0 Å². The van der Waals surface area contributed by atoms with Crippen molar-refractivity contribution in [3.8, 4) is 0 Å². The van der Waals surface area contributed by atoms with Gasteiger partial charge in [0.05, 0.1) is 17.0 Å². The number of carbonyl (C=O) groups is 1. The van der Waals surface area contributed by atoms with Crippen LogP contribution in [0.15, 0.2) is 82.0 Å². The molecule has 1 aliphatic heterocycles. The Balaban J connectivity index is 1.73. The van der Waals surface area contributed by atoms with E-state index in [4.69, 9.17) is 16.0 Å². The Bertz CT molecular complexity index is 1350. The van der Waals surface area contributed by atoms with E-state index in [-0.39, 0.29) is 28.9 Å². The van der Waals surface area contributed by atoms with Gasteiger partial charge in [-0.1, -0.05) is 54.1 Å². The first kappa shape index (κ1) is 18.6. The minimum atomic E-state index is -0.884. The van der Waals surface area contributed by atoms with Crippen molar-refractivity contribution >= 4 is 28.5 Å². The summed E-state index contributed by atoms with van der Waals surface area (Å²) in [5.41, 5.74) is 1.22. The number of halogens is 2. The van der Waals surface area contributed by atoms with Gasteiger partial charge in [0.25, 0.3) is 5.91 Å². The molecule has 0 saturated heterocycles. The molecule has 5 rings (SSSR count). The molecule has 1 atom stereocenters. The molecule has 0 spiro atoms. The van der Waals surface area contributed by atoms with Crippen molar-refractivity contribution in [1.29, 1.82) is 0 Å². The zero-order valence-corrected chi connectivity index (χ0v) is 16.4. The molecule has 1 aromatic heterocycles. The minimum absolute atomic E-state index is 0.0408. The van der Waals surface area contributed by atoms with Crippen LogP contribution in [0, 0.1) is 5.82 Å². The third-order valence-corrected chi connectivity index (χ3v) is 5.59. The molecule has 3 aromatic carbocycles. The molecule has 1 unspecified atom stereocenters. The average Bonchev–Trinajstić information content (AvgIpc) is 3.02. The highest BCUT2D eigenvalue weighted by Gasteiger charge is 2.43. The van der Waals surface area contributed by atoms with Gasteiger partial charge in [-0.25, -0.2) is 4.39 Å². The van der Waals surface area contributed by atoms with Gasteiger partial charge in [0.2, 0.25) is 5.76 Å². The lowest BCUT2D eigenvalue weighted by Crippen LogP contribution is -2.29. The fourth-order valence-corrected chi connectivity index (χ4v) is 4.06. The highest BCUT2D eigenvalue weighted by atomic mass is 35.5. The number of nitrogens with zero attached hydrogens (tertiary/aromatic N) is 1. The van der Waals surface area contributed by atoms with E-state index in [2.05, 4.69) is 0 Å². The van der Waals surface area contributed by atoms with Gasteiger partial charge in [0, 0.05) is 17.1 Å². The van der Waals surface area contributed by atoms with Crippen LogP contribution in [0.3, 0.4) is 0 Å². The lowest BCUT2D eigenvalue weighted by Gasteiger charge is -2.25. The van der Waals surface area contributed by atoms with Crippen LogP contribution in [0.5, 0.6) is 0 Å². The van der Waals surface area contributed by atoms with Crippen molar-refractivity contribution in [1.82, 2.24) is 4.90 Å². The number of hydrogen-bond acceptors (Lipinski definition) is 3. The number of amides is 1. The van der Waals surface area contributed by atoms with Crippen LogP contribution in [0.1, 0.15) is 33.3 Å². The fraction of sp³-hybridized carbons (Fsp3) is 0.0833. The molecule has 0 N–H and O–H groups in total. The van der Waals surface area contributed by atoms with Crippen molar-refractivity contribution in [2.75, 3.05) is 0 Å². The molecule has 30 heavy (non-hydrogen) atoms. The summed E-state index contributed by atoms with van der Waals surface area (Å²) in [6.45, 7) is 0.176. The standard InChI is InChI=1S/C24H15ClFNO3/c25-15-11-9-14(10-12-15)13-27-21(16-5-1-3-7-18(16)26)20-22(28)17-6-2-4-8-19(17)30-23(20)24(27)29/h1-12,21H,13H2. The van der Waals surface area contributed by atoms with E-state index < -0.39 is 17.8 Å². The van der Waals surface area contributed by atoms with E-state index in [9.17, 15) is 14.0 Å². The number of hydrogen-bond donors (Lipinski definition) is 0. The van der Waals surface area contributed by atoms with E-state index >= 15 is 0 Å². The fourth-order valence-electron chi connectivity index (χ4n) is 3.94. The number of benzene rings is 3. The van der Waals surface area contributed by atoms with Crippen LogP contribution in [0.4, 0.5) is 4.39 Å². The second-order valence-electron chi connectivity index (χ2n) is 7.15. The Morgan fingerprint density at radius 1 is 0.933 bits per heavy atom. The summed E-state index contributed by atoms with van der Waals surface area (Å²) >= 11 is 5.97. The molecule has 0 aliphatic carbocycles. The predicted molar refractivity (Wildman–Crippen MR) is 112 cm³/mol. The van der Waals surface area contributed by atoms with Gasteiger partial charge in [-0.2, -0.15) is 0 Å². The Hall–Kier alpha value is -3.44. The summed E-state index contributed by atoms with van der Waals surface area (Å²) in [6.07, 6.45) is 0. The minimum Gasteiger partial charge on any atom is -0.450 e. The van der Waals surface area contributed by atoms with E-state index in [0.717, 1.165) is 5.56 Å². The van der Waals surface area contributed by atoms with Gasteiger partial charge in [-0.15, -0.1) is 0 Å². The van der Waals surface area contributed by atoms with Crippen LogP contribution in [-0.4, -0.2) is 10.8 Å². The van der Waals surface area contributed by atoms with E-state index in [0.29, 0.717) is 16.0 Å². The molecule has 0 saturated carbocycles. The van der Waals surface area contributed by atoms with Crippen molar-refractivity contribution in [3.63, 3.8) is 0 Å². The van der Waals surface area contributed by atoms with Gasteiger partial charge in [0.1, 0.15) is 11.4 Å². The summed E-state index contributed by atoms with van der Waals surface area (Å²) in [6, 6.07) is 19.1. The summed E-state index contributed by atoms with van der Waals surface area (Å²) in [5.74, 6) is -0.978. The Labute approximate surface area is 176 Å². The van der Waals surface area contributed by atoms with Crippen LogP contribution in [0.25, 0.3) is 11.0 Å². The molecule has 1 aliphatic rings. The summed E-state index contributed by atoms with van der Waals surface area (Å²) in [4.78, 5) is 28.1. The molecule has 0 bridgehead atoms. The van der Waals surface area contributed by atoms with Crippen LogP contribution >= 0.6 is 11.6 Å². The molecule has 0 fully saturated rings. The van der Waals surface area contributed by atoms with Gasteiger partial charge in [-0.3, -0.25) is 9.59 Å². The number of rotatable bonds is 3. The molecular weight excluding hydrogens is 405 g/mol. The highest BCUT2D eigenvalue weighted by molar-refractivity contribution is 6.30. The summed E-state index contributed by atoms with van der Waals surface area (Å²) in [7, 11) is 0. The molecule has 1 amide bonds. The van der Waals surface area contributed by atoms with Gasteiger partial charge in [0.15, 0.2) is 5.43 Å². The maximum absolute atomic E-state index is 14.8. The third kappa shape index (κ3) is 2.90. The quantitative estimate of drug-likeness (QED) is 0.451. The Morgan fingerprint density at radius 2 is 1.63 bits per heavy atom. The highest BCUT2D eigenvalue weighted by Crippen LogP contribution is 2.40. The first-order valence-electron chi connectivity index (χ1n) is 9.40. The Kier molecular flexibility index (Phi) is 4.40. The lowest BCUT2D eigenvalue weighted by atomic mass is 9.98. The number of carbonyl (C=O) groups excluding carboxylic acids is 1. The average molecular weight is 420 g/mol. The van der Waals surface area contributed by atoms with Gasteiger partial charge >= 0.3 is 0 Å². The zero-order valence-electron chi connectivity index (χ0n) is 15.6. The SMILES string of the molecule is O=C1c2oc3ccccc3c(=O)c2C(c2ccccc2F)N1Cc1ccc(Cl)cc1. The lowest BCUT2D eigenvalue weighted by molar-refractivity contribution is 0.0712. The van der Waals surface area contributed by atoms with E-state index in [1.54, 1.807) is 66.7 Å². The summed E-state index contributed by atoms with van der Waals surface area (Å²) < 4.78 is 20.6. The van der Waals surface area contributed by atoms with Crippen LogP contribution in [0.2, 0.25) is 5.02 Å². The molecule has 6 heteroatoms. The first-order chi connectivity index (χ1) is 14.5. The van der Waals surface area contributed by atoms with Crippen molar-refractivity contribution < 1.29 is 13.6 Å². The second-order valence-corrected chi connectivity index (χ2v) is 7.59. The maximum atomic E-state index is 14.8. The molecule has 0 radical (unpaired) electrons. The zero-order chi connectivity index (χ0) is 20.8. The smallest absolute Gasteiger partial charge is 0.291 e. The molecule has 148 valence electrons. The predicted octanol–water partition coefficient (Wildman–Crippen LogP) is 5.33. The molecular formula is C24H15ClFNO3. The first-order valence-corrected chi connectivity index (χ1v) is 9.78. The molecule has 4 nitrogen and oxygen atoms in total. The topological polar surface area (TPSA) is 50.5 Å². The normalized spacial score (nSPS) is 15.6. The Morgan fingerprint density at radius 3 is 2.40 bits per heavy atom. The van der Waals surface area contributed by atoms with Crippen molar-refractivity contribution in [2.45, 2.75) is 12.6 Å². The largest absolute Gasteiger partial charge is 0.450 e. The maximum Gasteiger partial charge on any atom is 0.291 e. The van der Waals surface area contributed by atoms with Gasteiger partial charge in [-0.05, 0) is 35.9 Å². The number of para-hydroxylation sites is 1. The van der Waals surface area contributed by atoms with Crippen LogP contribution in [-0.2, 0) is 6.54 Å². The monoisotopic (exact) mass is 419 g/mol. The second kappa shape index (κ2) is 7.11. The third-order valence-electron chi connectivity index (χ3n) is 5.34. The number of fused-ring (bicyclic) bond motifs is 2.